The maximum absolute atomic E-state index is 5.20. The first-order valence-electron chi connectivity index (χ1n) is 4.23. The van der Waals surface area contributed by atoms with E-state index in [0.717, 1.165) is 6.42 Å². The Labute approximate surface area is 70.7 Å². The first-order chi connectivity index (χ1) is 5.16. The first kappa shape index (κ1) is 10.3. The van der Waals surface area contributed by atoms with Crippen molar-refractivity contribution in [3.8, 4) is 12.3 Å². The van der Waals surface area contributed by atoms with Crippen LogP contribution in [0.3, 0.4) is 0 Å². The molecule has 0 bridgehead atoms. The summed E-state index contributed by atoms with van der Waals surface area (Å²) in [7, 11) is 0. The van der Waals surface area contributed by atoms with Gasteiger partial charge in [0.2, 0.25) is 0 Å². The smallest absolute Gasteiger partial charge is 0.0112 e. The van der Waals surface area contributed by atoms with Crippen LogP contribution in [0.4, 0.5) is 0 Å². The molecule has 0 saturated heterocycles. The fourth-order valence-electron chi connectivity index (χ4n) is 0.960. The average Bonchev–Trinajstić information content (AvgIpc) is 1.87. The fourth-order valence-corrected chi connectivity index (χ4v) is 0.960. The summed E-state index contributed by atoms with van der Waals surface area (Å²) in [4.78, 5) is 0. The van der Waals surface area contributed by atoms with Crippen molar-refractivity contribution >= 4 is 0 Å². The van der Waals surface area contributed by atoms with Crippen LogP contribution in [-0.2, 0) is 0 Å². The van der Waals surface area contributed by atoms with E-state index in [-0.39, 0.29) is 0 Å². The second-order valence-corrected chi connectivity index (χ2v) is 3.37. The van der Waals surface area contributed by atoms with E-state index in [9.17, 15) is 0 Å². The van der Waals surface area contributed by atoms with Crippen molar-refractivity contribution < 1.29 is 0 Å². The van der Waals surface area contributed by atoms with Gasteiger partial charge in [0.05, 0.1) is 0 Å². The van der Waals surface area contributed by atoms with Crippen LogP contribution in [0, 0.1) is 18.3 Å². The van der Waals surface area contributed by atoms with Crippen LogP contribution in [0.1, 0.15) is 40.0 Å². The van der Waals surface area contributed by atoms with Crippen LogP contribution < -0.4 is 0 Å². The Hall–Kier alpha value is -0.700. The lowest BCUT2D eigenvalue weighted by molar-refractivity contribution is 0.553. The Kier molecular flexibility index (Phi) is 5.65. The van der Waals surface area contributed by atoms with E-state index in [1.165, 1.54) is 18.4 Å². The molecule has 0 N–H and O–H groups in total. The maximum Gasteiger partial charge on any atom is 0.0112 e. The van der Waals surface area contributed by atoms with Crippen LogP contribution in [0.5, 0.6) is 0 Å². The van der Waals surface area contributed by atoms with Gasteiger partial charge in [0.15, 0.2) is 0 Å². The molecule has 62 valence electrons. The molecule has 0 spiro atoms. The molecule has 0 aromatic rings. The van der Waals surface area contributed by atoms with Gasteiger partial charge in [0, 0.05) is 6.42 Å². The zero-order valence-electron chi connectivity index (χ0n) is 7.85. The van der Waals surface area contributed by atoms with Gasteiger partial charge in [-0.3, -0.25) is 0 Å². The fraction of sp³-hybridized carbons (Fsp3) is 0.636. The molecule has 11 heavy (non-hydrogen) atoms. The molecule has 0 rings (SSSR count). The van der Waals surface area contributed by atoms with Crippen LogP contribution in [0.15, 0.2) is 11.6 Å². The summed E-state index contributed by atoms with van der Waals surface area (Å²) < 4.78 is 0. The van der Waals surface area contributed by atoms with E-state index in [4.69, 9.17) is 6.42 Å². The average molecular weight is 150 g/mol. The molecule has 0 aliphatic heterocycles. The van der Waals surface area contributed by atoms with Crippen molar-refractivity contribution in [3.63, 3.8) is 0 Å². The van der Waals surface area contributed by atoms with Crippen molar-refractivity contribution in [2.24, 2.45) is 5.92 Å². The highest BCUT2D eigenvalue weighted by molar-refractivity contribution is 4.93. The van der Waals surface area contributed by atoms with Crippen LogP contribution in [-0.4, -0.2) is 0 Å². The van der Waals surface area contributed by atoms with E-state index < -0.39 is 0 Å². The van der Waals surface area contributed by atoms with Gasteiger partial charge in [-0.1, -0.05) is 18.6 Å². The minimum Gasteiger partial charge on any atom is -0.120 e. The Morgan fingerprint density at radius 3 is 2.64 bits per heavy atom. The minimum atomic E-state index is 0.676. The second kappa shape index (κ2) is 6.04. The molecule has 0 unspecified atom stereocenters. The molecule has 0 radical (unpaired) electrons. The van der Waals surface area contributed by atoms with E-state index >= 15 is 0 Å². The Morgan fingerprint density at radius 1 is 1.55 bits per heavy atom. The monoisotopic (exact) mass is 150 g/mol. The number of hydrogen-bond donors (Lipinski definition) is 0. The largest absolute Gasteiger partial charge is 0.120 e. The molecule has 1 atom stereocenters. The molecule has 0 aliphatic carbocycles. The van der Waals surface area contributed by atoms with Gasteiger partial charge >= 0.3 is 0 Å². The lowest BCUT2D eigenvalue weighted by Crippen LogP contribution is -1.91. The van der Waals surface area contributed by atoms with E-state index in [1.807, 2.05) is 0 Å². The van der Waals surface area contributed by atoms with Gasteiger partial charge in [-0.25, -0.2) is 0 Å². The molecule has 0 aromatic heterocycles. The van der Waals surface area contributed by atoms with Gasteiger partial charge in [-0.2, -0.15) is 0 Å². The number of terminal acetylenes is 1. The molecule has 0 aromatic carbocycles. The van der Waals surface area contributed by atoms with Gasteiger partial charge in [0.25, 0.3) is 0 Å². The number of hydrogen-bond acceptors (Lipinski definition) is 0. The van der Waals surface area contributed by atoms with Gasteiger partial charge in [0.1, 0.15) is 0 Å². The second-order valence-electron chi connectivity index (χ2n) is 3.37. The zero-order valence-corrected chi connectivity index (χ0v) is 7.85. The van der Waals surface area contributed by atoms with Crippen molar-refractivity contribution in [2.45, 2.75) is 40.0 Å². The summed E-state index contributed by atoms with van der Waals surface area (Å²) in [6.07, 6.45) is 10.8. The molecule has 0 saturated carbocycles. The molecule has 0 fully saturated rings. The molecule has 0 heterocycles. The maximum atomic E-state index is 5.20. The summed E-state index contributed by atoms with van der Waals surface area (Å²) >= 11 is 0. The van der Waals surface area contributed by atoms with Crippen molar-refractivity contribution in [2.75, 3.05) is 0 Å². The lowest BCUT2D eigenvalue weighted by Gasteiger charge is -2.03. The zero-order chi connectivity index (χ0) is 8.69. The summed E-state index contributed by atoms with van der Waals surface area (Å²) in [6, 6.07) is 0. The van der Waals surface area contributed by atoms with Crippen LogP contribution in [0.2, 0.25) is 0 Å². The summed E-state index contributed by atoms with van der Waals surface area (Å²) in [6.45, 7) is 6.47. The first-order valence-corrected chi connectivity index (χ1v) is 4.23. The van der Waals surface area contributed by atoms with Crippen molar-refractivity contribution in [1.82, 2.24) is 0 Å². The highest BCUT2D eigenvalue weighted by Gasteiger charge is 1.96. The molecule has 0 amide bonds. The molecular weight excluding hydrogens is 132 g/mol. The third-order valence-electron chi connectivity index (χ3n) is 1.68. The standard InChI is InChI=1S/C11H18/c1-5-7-11(4)9-6-8-10(2)3/h1,8,11H,6-7,9H2,2-4H3/t11-/m1/s1. The third kappa shape index (κ3) is 7.19. The Bertz CT molecular complexity index is 153. The van der Waals surface area contributed by atoms with Gasteiger partial charge < -0.3 is 0 Å². The summed E-state index contributed by atoms with van der Waals surface area (Å²) in [5.41, 5.74) is 1.40. The highest BCUT2D eigenvalue weighted by atomic mass is 14.0. The Balaban J connectivity index is 3.40. The predicted octanol–water partition coefficient (Wildman–Crippen LogP) is 3.39. The summed E-state index contributed by atoms with van der Waals surface area (Å²) in [5, 5.41) is 0. The molecular formula is C11H18. The van der Waals surface area contributed by atoms with Gasteiger partial charge in [-0.05, 0) is 32.6 Å². The predicted molar refractivity (Wildman–Crippen MR) is 51.3 cm³/mol. The topological polar surface area (TPSA) is 0 Å². The normalized spacial score (nSPS) is 11.8. The minimum absolute atomic E-state index is 0.676. The molecule has 0 aliphatic rings. The van der Waals surface area contributed by atoms with Crippen LogP contribution >= 0.6 is 0 Å². The molecule has 0 heteroatoms. The lowest BCUT2D eigenvalue weighted by atomic mass is 10.0. The number of rotatable bonds is 4. The van der Waals surface area contributed by atoms with Crippen LogP contribution in [0.25, 0.3) is 0 Å². The van der Waals surface area contributed by atoms with Crippen molar-refractivity contribution in [3.05, 3.63) is 11.6 Å². The van der Waals surface area contributed by atoms with E-state index in [1.54, 1.807) is 0 Å². The quantitative estimate of drug-likeness (QED) is 0.425. The van der Waals surface area contributed by atoms with E-state index in [2.05, 4.69) is 32.8 Å². The van der Waals surface area contributed by atoms with Gasteiger partial charge in [-0.15, -0.1) is 12.3 Å². The summed E-state index contributed by atoms with van der Waals surface area (Å²) in [5.74, 6) is 3.36. The highest BCUT2D eigenvalue weighted by Crippen LogP contribution is 2.10. The number of allylic oxidation sites excluding steroid dienone is 2. The van der Waals surface area contributed by atoms with E-state index in [0.29, 0.717) is 5.92 Å². The third-order valence-corrected chi connectivity index (χ3v) is 1.68. The Morgan fingerprint density at radius 2 is 2.18 bits per heavy atom. The molecule has 0 nitrogen and oxygen atoms in total. The SMILES string of the molecule is C#CC[C@@H](C)CCC=C(C)C. The van der Waals surface area contributed by atoms with Crippen molar-refractivity contribution in [1.29, 1.82) is 0 Å².